The number of anilines is 2. The summed E-state index contributed by atoms with van der Waals surface area (Å²) in [6, 6.07) is 20.3. The molecule has 5 rings (SSSR count). The molecule has 176 valence electrons. The number of hydrogen-bond donors (Lipinski definition) is 0. The molecule has 2 heterocycles. The number of piperazine rings is 1. The van der Waals surface area contributed by atoms with E-state index in [0.717, 1.165) is 22.0 Å². The first-order valence-electron chi connectivity index (χ1n) is 11.1. The summed E-state index contributed by atoms with van der Waals surface area (Å²) < 4.78 is 41.4. The number of hydrogen-bond acceptors (Lipinski definition) is 5. The van der Waals surface area contributed by atoms with Crippen LogP contribution in [0, 0.1) is 5.82 Å². The fourth-order valence-corrected chi connectivity index (χ4v) is 6.78. The molecule has 0 aliphatic carbocycles. The highest BCUT2D eigenvalue weighted by atomic mass is 32.2. The van der Waals surface area contributed by atoms with Crippen LogP contribution < -0.4 is 9.80 Å². The van der Waals surface area contributed by atoms with Crippen LogP contribution in [0.5, 0.6) is 0 Å². The number of amides is 1. The van der Waals surface area contributed by atoms with Gasteiger partial charge in [0.15, 0.2) is 0 Å². The third kappa shape index (κ3) is 4.43. The van der Waals surface area contributed by atoms with Gasteiger partial charge in [-0.05, 0) is 54.6 Å². The van der Waals surface area contributed by atoms with Crippen molar-refractivity contribution in [3.8, 4) is 0 Å². The van der Waals surface area contributed by atoms with E-state index in [0.29, 0.717) is 38.3 Å². The molecule has 3 aromatic rings. The number of carbonyl (C=O) groups is 1. The van der Waals surface area contributed by atoms with Crippen molar-refractivity contribution >= 4 is 39.1 Å². The van der Waals surface area contributed by atoms with Gasteiger partial charge in [-0.2, -0.15) is 4.31 Å². The number of halogens is 1. The molecule has 3 aromatic carbocycles. The van der Waals surface area contributed by atoms with Gasteiger partial charge in [0.2, 0.25) is 10.0 Å². The summed E-state index contributed by atoms with van der Waals surface area (Å²) >= 11 is 1.71. The number of benzene rings is 3. The number of thioether (sulfide) groups is 1. The molecule has 0 radical (unpaired) electrons. The van der Waals surface area contributed by atoms with E-state index in [4.69, 9.17) is 0 Å². The number of carbonyl (C=O) groups excluding carboxylic acids is 1. The second kappa shape index (κ2) is 9.40. The molecule has 2 aliphatic rings. The van der Waals surface area contributed by atoms with Crippen molar-refractivity contribution < 1.29 is 17.6 Å². The van der Waals surface area contributed by atoms with Crippen molar-refractivity contribution in [2.24, 2.45) is 0 Å². The van der Waals surface area contributed by atoms with Crippen molar-refractivity contribution in [2.75, 3.05) is 48.3 Å². The Morgan fingerprint density at radius 2 is 1.59 bits per heavy atom. The van der Waals surface area contributed by atoms with Crippen molar-refractivity contribution in [3.63, 3.8) is 0 Å². The molecule has 0 atom stereocenters. The van der Waals surface area contributed by atoms with Gasteiger partial charge in [0.25, 0.3) is 5.91 Å². The minimum Gasteiger partial charge on any atom is -0.369 e. The summed E-state index contributed by atoms with van der Waals surface area (Å²) in [5.41, 5.74) is 2.08. The number of nitrogens with zero attached hydrogens (tertiary/aromatic N) is 3. The van der Waals surface area contributed by atoms with Crippen LogP contribution in [-0.2, 0) is 10.0 Å². The topological polar surface area (TPSA) is 60.9 Å². The molecule has 34 heavy (non-hydrogen) atoms. The molecule has 0 bridgehead atoms. The zero-order chi connectivity index (χ0) is 23.7. The summed E-state index contributed by atoms with van der Waals surface area (Å²) in [5.74, 6) is 0.288. The van der Waals surface area contributed by atoms with E-state index in [1.54, 1.807) is 47.0 Å². The largest absolute Gasteiger partial charge is 0.369 e. The van der Waals surface area contributed by atoms with Crippen molar-refractivity contribution in [2.45, 2.75) is 9.79 Å². The zero-order valence-electron chi connectivity index (χ0n) is 18.4. The minimum absolute atomic E-state index is 0.119. The SMILES string of the molecule is O=C(c1cccc(S(=O)(=O)N2CCN(c3ccc(F)cc3)CC2)c1)N1CCSc2ccccc21. The number of fused-ring (bicyclic) bond motifs is 1. The second-order valence-corrected chi connectivity index (χ2v) is 11.2. The first-order valence-corrected chi connectivity index (χ1v) is 13.5. The molecule has 1 saturated heterocycles. The smallest absolute Gasteiger partial charge is 0.258 e. The molecule has 1 amide bonds. The number of rotatable bonds is 4. The quantitative estimate of drug-likeness (QED) is 0.544. The van der Waals surface area contributed by atoms with E-state index in [1.807, 2.05) is 29.2 Å². The van der Waals surface area contributed by atoms with Gasteiger partial charge in [-0.3, -0.25) is 4.79 Å². The minimum atomic E-state index is -3.75. The summed E-state index contributed by atoms with van der Waals surface area (Å²) in [6.07, 6.45) is 0. The van der Waals surface area contributed by atoms with Crippen LogP contribution in [-0.4, -0.2) is 57.1 Å². The van der Waals surface area contributed by atoms with Crippen molar-refractivity contribution in [1.82, 2.24) is 4.31 Å². The van der Waals surface area contributed by atoms with E-state index in [-0.39, 0.29) is 16.6 Å². The van der Waals surface area contributed by atoms with Crippen LogP contribution in [0.4, 0.5) is 15.8 Å². The highest BCUT2D eigenvalue weighted by Crippen LogP contribution is 2.35. The van der Waals surface area contributed by atoms with Gasteiger partial charge in [-0.15, -0.1) is 11.8 Å². The highest BCUT2D eigenvalue weighted by molar-refractivity contribution is 7.99. The predicted octanol–water partition coefficient (Wildman–Crippen LogP) is 4.09. The van der Waals surface area contributed by atoms with E-state index in [9.17, 15) is 17.6 Å². The normalized spacial score (nSPS) is 16.9. The predicted molar refractivity (Wildman–Crippen MR) is 133 cm³/mol. The maximum Gasteiger partial charge on any atom is 0.258 e. The van der Waals surface area contributed by atoms with Crippen LogP contribution in [0.2, 0.25) is 0 Å². The molecule has 1 fully saturated rings. The monoisotopic (exact) mass is 497 g/mol. The number of para-hydroxylation sites is 1. The van der Waals surface area contributed by atoms with Gasteiger partial charge in [0.1, 0.15) is 5.82 Å². The molecule has 0 aromatic heterocycles. The van der Waals surface area contributed by atoms with Gasteiger partial charge >= 0.3 is 0 Å². The summed E-state index contributed by atoms with van der Waals surface area (Å²) in [7, 11) is -3.75. The Labute approximate surface area is 203 Å². The molecular weight excluding hydrogens is 473 g/mol. The molecule has 9 heteroatoms. The van der Waals surface area contributed by atoms with E-state index in [1.165, 1.54) is 22.5 Å². The third-order valence-electron chi connectivity index (χ3n) is 6.12. The zero-order valence-corrected chi connectivity index (χ0v) is 20.1. The molecule has 6 nitrogen and oxygen atoms in total. The Morgan fingerprint density at radius 1 is 0.853 bits per heavy atom. The maximum absolute atomic E-state index is 13.4. The van der Waals surface area contributed by atoms with E-state index >= 15 is 0 Å². The van der Waals surface area contributed by atoms with E-state index < -0.39 is 10.0 Å². The number of sulfonamides is 1. The summed E-state index contributed by atoms with van der Waals surface area (Å²) in [4.78, 5) is 18.2. The Hall–Kier alpha value is -2.88. The lowest BCUT2D eigenvalue weighted by atomic mass is 10.1. The van der Waals surface area contributed by atoms with Crippen LogP contribution >= 0.6 is 11.8 Å². The molecule has 2 aliphatic heterocycles. The average molecular weight is 498 g/mol. The van der Waals surface area contributed by atoms with Gasteiger partial charge in [0, 0.05) is 54.6 Å². The Bertz CT molecular complexity index is 1310. The first-order chi connectivity index (χ1) is 16.4. The first kappa shape index (κ1) is 22.9. The standard InChI is InChI=1S/C25H24FN3O3S2/c26-20-8-10-21(11-9-20)27-12-14-28(15-13-27)34(31,32)22-5-3-4-19(18-22)25(30)29-16-17-33-24-7-2-1-6-23(24)29/h1-11,18H,12-17H2. The lowest BCUT2D eigenvalue weighted by Crippen LogP contribution is -2.48. The summed E-state index contributed by atoms with van der Waals surface area (Å²) in [6.45, 7) is 2.21. The van der Waals surface area contributed by atoms with Crippen LogP contribution in [0.15, 0.2) is 82.6 Å². The molecule has 0 N–H and O–H groups in total. The molecule has 0 saturated carbocycles. The lowest BCUT2D eigenvalue weighted by molar-refractivity contribution is 0.0987. The second-order valence-electron chi connectivity index (χ2n) is 8.17. The Morgan fingerprint density at radius 3 is 2.35 bits per heavy atom. The third-order valence-corrected chi connectivity index (χ3v) is 9.06. The van der Waals surface area contributed by atoms with Crippen LogP contribution in [0.3, 0.4) is 0 Å². The van der Waals surface area contributed by atoms with E-state index in [2.05, 4.69) is 0 Å². The molecular formula is C25H24FN3O3S2. The Kier molecular flexibility index (Phi) is 6.33. The van der Waals surface area contributed by atoms with Gasteiger partial charge in [-0.25, -0.2) is 12.8 Å². The fourth-order valence-electron chi connectivity index (χ4n) is 4.31. The van der Waals surface area contributed by atoms with Gasteiger partial charge < -0.3 is 9.80 Å². The molecule has 0 spiro atoms. The van der Waals surface area contributed by atoms with Crippen LogP contribution in [0.1, 0.15) is 10.4 Å². The van der Waals surface area contributed by atoms with Gasteiger partial charge in [0.05, 0.1) is 10.6 Å². The van der Waals surface area contributed by atoms with Crippen LogP contribution in [0.25, 0.3) is 0 Å². The molecule has 0 unspecified atom stereocenters. The average Bonchev–Trinajstić information content (AvgIpc) is 2.88. The Balaban J connectivity index is 1.33. The van der Waals surface area contributed by atoms with Crippen molar-refractivity contribution in [1.29, 1.82) is 0 Å². The lowest BCUT2D eigenvalue weighted by Gasteiger charge is -2.35. The highest BCUT2D eigenvalue weighted by Gasteiger charge is 2.30. The maximum atomic E-state index is 13.4. The van der Waals surface area contributed by atoms with Crippen molar-refractivity contribution in [3.05, 3.63) is 84.2 Å². The fraction of sp³-hybridized carbons (Fsp3) is 0.240. The van der Waals surface area contributed by atoms with Gasteiger partial charge in [-0.1, -0.05) is 18.2 Å². The summed E-state index contributed by atoms with van der Waals surface area (Å²) in [5, 5.41) is 0.